The van der Waals surface area contributed by atoms with E-state index < -0.39 is 5.60 Å². The number of aliphatic imine (C=N–C) groups is 1. The largest absolute Gasteiger partial charge is 0.466 e. The van der Waals surface area contributed by atoms with Crippen molar-refractivity contribution >= 4 is 41.7 Å². The molecule has 0 saturated carbocycles. The van der Waals surface area contributed by atoms with Gasteiger partial charge in [-0.3, -0.25) is 0 Å². The highest BCUT2D eigenvalue weighted by Gasteiger charge is 2.26. The van der Waals surface area contributed by atoms with E-state index in [0.717, 1.165) is 18.3 Å². The minimum absolute atomic E-state index is 0. The van der Waals surface area contributed by atoms with E-state index >= 15 is 0 Å². The Morgan fingerprint density at radius 2 is 2.41 bits per heavy atom. The topological polar surface area (TPSA) is 69.8 Å². The van der Waals surface area contributed by atoms with E-state index in [4.69, 9.17) is 4.42 Å². The zero-order valence-corrected chi connectivity index (χ0v) is 16.3. The van der Waals surface area contributed by atoms with Crippen LogP contribution in [-0.2, 0) is 5.60 Å². The summed E-state index contributed by atoms with van der Waals surface area (Å²) in [6.45, 7) is 4.82. The minimum Gasteiger partial charge on any atom is -0.466 e. The van der Waals surface area contributed by atoms with Gasteiger partial charge in [0.15, 0.2) is 5.96 Å². The molecule has 2 heterocycles. The number of rotatable bonds is 5. The lowest BCUT2D eigenvalue weighted by molar-refractivity contribution is 0.0436. The predicted octanol–water partition coefficient (Wildman–Crippen LogP) is 2.56. The van der Waals surface area contributed by atoms with E-state index in [1.807, 2.05) is 18.7 Å². The van der Waals surface area contributed by atoms with Crippen LogP contribution in [0.2, 0.25) is 0 Å². The number of hydrogen-bond acceptors (Lipinski definition) is 4. The van der Waals surface area contributed by atoms with Gasteiger partial charge in [-0.1, -0.05) is 0 Å². The number of hydrogen-bond donors (Lipinski definition) is 3. The zero-order chi connectivity index (χ0) is 15.1. The first kappa shape index (κ1) is 19.6. The molecule has 0 aliphatic carbocycles. The third kappa shape index (κ3) is 6.00. The quantitative estimate of drug-likeness (QED) is 0.374. The molecule has 126 valence electrons. The predicted molar refractivity (Wildman–Crippen MR) is 103 cm³/mol. The summed E-state index contributed by atoms with van der Waals surface area (Å²) in [7, 11) is 0. The van der Waals surface area contributed by atoms with Crippen molar-refractivity contribution in [2.75, 3.05) is 24.6 Å². The fourth-order valence-electron chi connectivity index (χ4n) is 2.26. The molecule has 22 heavy (non-hydrogen) atoms. The average molecular weight is 439 g/mol. The summed E-state index contributed by atoms with van der Waals surface area (Å²) < 4.78 is 5.28. The number of thioether (sulfide) groups is 1. The van der Waals surface area contributed by atoms with Crippen molar-refractivity contribution in [3.63, 3.8) is 0 Å². The molecule has 3 N–H and O–H groups in total. The van der Waals surface area contributed by atoms with Crippen molar-refractivity contribution in [2.24, 2.45) is 4.99 Å². The molecule has 0 bridgehead atoms. The van der Waals surface area contributed by atoms with Crippen LogP contribution in [0.1, 0.15) is 32.4 Å². The van der Waals surface area contributed by atoms with E-state index in [1.165, 1.54) is 18.6 Å². The maximum atomic E-state index is 10.4. The Labute approximate surface area is 153 Å². The summed E-state index contributed by atoms with van der Waals surface area (Å²) in [6, 6.07) is 4.00. The van der Waals surface area contributed by atoms with E-state index in [9.17, 15) is 5.11 Å². The highest BCUT2D eigenvalue weighted by molar-refractivity contribution is 14.0. The molecule has 2 atom stereocenters. The highest BCUT2D eigenvalue weighted by Crippen LogP contribution is 2.21. The molecule has 2 rings (SSSR count). The minimum atomic E-state index is -1.09. The molecule has 1 aromatic rings. The normalized spacial score (nSPS) is 21.6. The van der Waals surface area contributed by atoms with Crippen molar-refractivity contribution in [1.29, 1.82) is 0 Å². The molecule has 0 spiro atoms. The molecule has 0 amide bonds. The van der Waals surface area contributed by atoms with Gasteiger partial charge in [0, 0.05) is 18.3 Å². The Hall–Kier alpha value is -0.410. The molecule has 0 radical (unpaired) electrons. The second-order valence-corrected chi connectivity index (χ2v) is 6.65. The fraction of sp³-hybridized carbons (Fsp3) is 0.667. The molecule has 1 aromatic heterocycles. The summed E-state index contributed by atoms with van der Waals surface area (Å²) in [5, 5.41) is 17.1. The summed E-state index contributed by atoms with van der Waals surface area (Å²) in [4.78, 5) is 4.51. The van der Waals surface area contributed by atoms with Crippen LogP contribution in [0.15, 0.2) is 27.8 Å². The molecule has 1 fully saturated rings. The number of aliphatic hydroxyl groups is 1. The van der Waals surface area contributed by atoms with Crippen LogP contribution >= 0.6 is 35.7 Å². The monoisotopic (exact) mass is 439 g/mol. The third-order valence-electron chi connectivity index (χ3n) is 3.44. The van der Waals surface area contributed by atoms with Gasteiger partial charge >= 0.3 is 0 Å². The Kier molecular flexibility index (Phi) is 8.63. The third-order valence-corrected chi connectivity index (χ3v) is 4.66. The number of guanidine groups is 1. The van der Waals surface area contributed by atoms with Gasteiger partial charge in [0.05, 0.1) is 12.8 Å². The first-order valence-corrected chi connectivity index (χ1v) is 8.66. The van der Waals surface area contributed by atoms with Crippen LogP contribution in [0.4, 0.5) is 0 Å². The lowest BCUT2D eigenvalue weighted by atomic mass is 10.0. The average Bonchev–Trinajstić information content (AvgIpc) is 3.01. The standard InChI is InChI=1S/C15H25N3O2S.HI/c1-3-16-14(18-12-6-5-9-21-10-12)17-11-15(2,19)13-7-4-8-20-13;/h4,7-8,12,19H,3,5-6,9-11H2,1-2H3,(H2,16,17,18);1H. The summed E-state index contributed by atoms with van der Waals surface area (Å²) in [5.74, 6) is 3.66. The number of nitrogens with zero attached hydrogens (tertiary/aromatic N) is 1. The summed E-state index contributed by atoms with van der Waals surface area (Å²) >= 11 is 1.98. The van der Waals surface area contributed by atoms with Gasteiger partial charge in [0.1, 0.15) is 11.4 Å². The molecule has 5 nitrogen and oxygen atoms in total. The Bertz CT molecular complexity index is 446. The van der Waals surface area contributed by atoms with Gasteiger partial charge in [-0.15, -0.1) is 24.0 Å². The lowest BCUT2D eigenvalue weighted by Crippen LogP contribution is -2.46. The van der Waals surface area contributed by atoms with Crippen LogP contribution in [0.25, 0.3) is 0 Å². The van der Waals surface area contributed by atoms with Crippen molar-refractivity contribution in [1.82, 2.24) is 10.6 Å². The van der Waals surface area contributed by atoms with E-state index in [-0.39, 0.29) is 30.5 Å². The van der Waals surface area contributed by atoms with Gasteiger partial charge in [0.25, 0.3) is 0 Å². The number of furan rings is 1. The van der Waals surface area contributed by atoms with E-state index in [0.29, 0.717) is 11.8 Å². The maximum absolute atomic E-state index is 10.4. The molecule has 2 unspecified atom stereocenters. The molecule has 1 aliphatic rings. The van der Waals surface area contributed by atoms with Gasteiger partial charge in [-0.05, 0) is 44.6 Å². The second kappa shape index (κ2) is 9.67. The number of nitrogens with one attached hydrogen (secondary N) is 2. The molecular weight excluding hydrogens is 413 g/mol. The second-order valence-electron chi connectivity index (χ2n) is 5.50. The summed E-state index contributed by atoms with van der Waals surface area (Å²) in [6.07, 6.45) is 3.98. The van der Waals surface area contributed by atoms with Crippen molar-refractivity contribution in [3.05, 3.63) is 24.2 Å². The SMILES string of the molecule is CCNC(=NCC(C)(O)c1ccco1)NC1CCCSC1.I. The number of halogens is 1. The van der Waals surface area contributed by atoms with Gasteiger partial charge in [0.2, 0.25) is 0 Å². The van der Waals surface area contributed by atoms with Crippen molar-refractivity contribution < 1.29 is 9.52 Å². The molecular formula is C15H26IN3O2S. The molecule has 1 aliphatic heterocycles. The van der Waals surface area contributed by atoms with Gasteiger partial charge < -0.3 is 20.2 Å². The zero-order valence-electron chi connectivity index (χ0n) is 13.2. The Morgan fingerprint density at radius 1 is 1.59 bits per heavy atom. The van der Waals surface area contributed by atoms with Crippen LogP contribution in [-0.4, -0.2) is 41.7 Å². The lowest BCUT2D eigenvalue weighted by Gasteiger charge is -2.25. The van der Waals surface area contributed by atoms with Crippen LogP contribution < -0.4 is 10.6 Å². The van der Waals surface area contributed by atoms with E-state index in [1.54, 1.807) is 25.3 Å². The molecule has 0 aromatic carbocycles. The van der Waals surface area contributed by atoms with Crippen LogP contribution in [0, 0.1) is 0 Å². The van der Waals surface area contributed by atoms with Crippen molar-refractivity contribution in [2.45, 2.75) is 38.3 Å². The smallest absolute Gasteiger partial charge is 0.191 e. The first-order chi connectivity index (χ1) is 10.1. The summed E-state index contributed by atoms with van der Waals surface area (Å²) in [5.41, 5.74) is -1.09. The van der Waals surface area contributed by atoms with Gasteiger partial charge in [-0.25, -0.2) is 4.99 Å². The molecule has 7 heteroatoms. The van der Waals surface area contributed by atoms with Crippen LogP contribution in [0.3, 0.4) is 0 Å². The Morgan fingerprint density at radius 3 is 3.00 bits per heavy atom. The fourth-order valence-corrected chi connectivity index (χ4v) is 3.34. The van der Waals surface area contributed by atoms with Crippen LogP contribution in [0.5, 0.6) is 0 Å². The maximum Gasteiger partial charge on any atom is 0.191 e. The highest BCUT2D eigenvalue weighted by atomic mass is 127. The molecule has 1 saturated heterocycles. The Balaban J connectivity index is 0.00000242. The van der Waals surface area contributed by atoms with E-state index in [2.05, 4.69) is 15.6 Å². The van der Waals surface area contributed by atoms with Crippen molar-refractivity contribution in [3.8, 4) is 0 Å². The van der Waals surface area contributed by atoms with Gasteiger partial charge in [-0.2, -0.15) is 11.8 Å². The first-order valence-electron chi connectivity index (χ1n) is 7.51.